The maximum atomic E-state index is 12.1. The van der Waals surface area contributed by atoms with Crippen LogP contribution in [0, 0.1) is 18.8 Å². The van der Waals surface area contributed by atoms with Crippen molar-refractivity contribution in [2.24, 2.45) is 7.05 Å². The molecule has 0 radical (unpaired) electrons. The number of aromatic nitrogens is 2. The summed E-state index contributed by atoms with van der Waals surface area (Å²) in [6.07, 6.45) is 2.12. The van der Waals surface area contributed by atoms with E-state index in [2.05, 4.69) is 22.3 Å². The Balaban J connectivity index is 2.24. The maximum Gasteiger partial charge on any atom is 0.276 e. The number of amides is 1. The molecule has 0 bridgehead atoms. The van der Waals surface area contributed by atoms with Crippen molar-refractivity contribution in [3.8, 4) is 11.8 Å². The lowest BCUT2D eigenvalue weighted by Crippen LogP contribution is -2.14. The van der Waals surface area contributed by atoms with E-state index in [0.717, 1.165) is 11.1 Å². The van der Waals surface area contributed by atoms with Crippen molar-refractivity contribution in [3.63, 3.8) is 0 Å². The summed E-state index contributed by atoms with van der Waals surface area (Å²) in [6, 6.07) is 7.30. The Morgan fingerprint density at radius 2 is 2.24 bits per heavy atom. The molecule has 1 aromatic heterocycles. The molecular formula is C16H17N3O2. The van der Waals surface area contributed by atoms with Crippen LogP contribution in [0.5, 0.6) is 0 Å². The highest BCUT2D eigenvalue weighted by Gasteiger charge is 2.11. The van der Waals surface area contributed by atoms with E-state index in [1.807, 2.05) is 25.1 Å². The van der Waals surface area contributed by atoms with Gasteiger partial charge < -0.3 is 10.4 Å². The zero-order valence-electron chi connectivity index (χ0n) is 12.1. The molecule has 1 aromatic carbocycles. The van der Waals surface area contributed by atoms with E-state index >= 15 is 0 Å². The molecule has 0 aliphatic rings. The molecule has 0 atom stereocenters. The normalized spacial score (nSPS) is 9.86. The molecule has 0 spiro atoms. The lowest BCUT2D eigenvalue weighted by atomic mass is 10.1. The fourth-order valence-electron chi connectivity index (χ4n) is 1.81. The van der Waals surface area contributed by atoms with Gasteiger partial charge in [0.15, 0.2) is 5.69 Å². The molecule has 2 aromatic rings. The van der Waals surface area contributed by atoms with Gasteiger partial charge in [0.25, 0.3) is 5.91 Å². The summed E-state index contributed by atoms with van der Waals surface area (Å²) in [6.45, 7) is 1.97. The standard InChI is InChI=1S/C16H17N3O2/c1-12-6-7-13(5-3-4-10-20)15(11-12)17-16(21)14-8-9-19(2)18-14/h6-9,11,20H,4,10H2,1-2H3,(H,17,21). The average molecular weight is 283 g/mol. The van der Waals surface area contributed by atoms with Crippen molar-refractivity contribution in [1.82, 2.24) is 9.78 Å². The van der Waals surface area contributed by atoms with Crippen molar-refractivity contribution >= 4 is 11.6 Å². The number of aliphatic hydroxyl groups excluding tert-OH is 1. The third-order valence-corrected chi connectivity index (χ3v) is 2.83. The molecule has 0 fully saturated rings. The maximum absolute atomic E-state index is 12.1. The zero-order valence-corrected chi connectivity index (χ0v) is 12.1. The molecule has 0 unspecified atom stereocenters. The number of nitrogens with one attached hydrogen (secondary N) is 1. The first-order chi connectivity index (χ1) is 10.1. The molecule has 0 saturated heterocycles. The van der Waals surface area contributed by atoms with Crippen LogP contribution >= 0.6 is 0 Å². The fraction of sp³-hybridized carbons (Fsp3) is 0.250. The van der Waals surface area contributed by atoms with Crippen molar-refractivity contribution in [3.05, 3.63) is 47.3 Å². The molecule has 5 nitrogen and oxygen atoms in total. The summed E-state index contributed by atoms with van der Waals surface area (Å²) in [7, 11) is 1.76. The summed E-state index contributed by atoms with van der Waals surface area (Å²) in [5, 5.41) is 15.7. The lowest BCUT2D eigenvalue weighted by Gasteiger charge is -2.07. The lowest BCUT2D eigenvalue weighted by molar-refractivity contribution is 0.102. The van der Waals surface area contributed by atoms with Crippen LogP contribution in [0.4, 0.5) is 5.69 Å². The highest BCUT2D eigenvalue weighted by atomic mass is 16.2. The minimum absolute atomic E-state index is 0.0223. The number of aryl methyl sites for hydroxylation is 2. The smallest absolute Gasteiger partial charge is 0.276 e. The van der Waals surface area contributed by atoms with Gasteiger partial charge in [0.1, 0.15) is 0 Å². The fourth-order valence-corrected chi connectivity index (χ4v) is 1.81. The topological polar surface area (TPSA) is 67.2 Å². The average Bonchev–Trinajstić information content (AvgIpc) is 2.88. The number of hydrogen-bond donors (Lipinski definition) is 2. The van der Waals surface area contributed by atoms with Crippen LogP contribution in [0.3, 0.4) is 0 Å². The number of hydrogen-bond acceptors (Lipinski definition) is 3. The van der Waals surface area contributed by atoms with Gasteiger partial charge in [-0.15, -0.1) is 0 Å². The van der Waals surface area contributed by atoms with Crippen molar-refractivity contribution in [2.45, 2.75) is 13.3 Å². The van der Waals surface area contributed by atoms with Gasteiger partial charge in [-0.25, -0.2) is 0 Å². The SMILES string of the molecule is Cc1ccc(C#CCCO)c(NC(=O)c2ccn(C)n2)c1. The van der Waals surface area contributed by atoms with E-state index in [4.69, 9.17) is 5.11 Å². The first kappa shape index (κ1) is 14.8. The van der Waals surface area contributed by atoms with Crippen LogP contribution < -0.4 is 5.32 Å². The van der Waals surface area contributed by atoms with Crippen molar-refractivity contribution in [1.29, 1.82) is 0 Å². The van der Waals surface area contributed by atoms with Gasteiger partial charge in [0, 0.05) is 25.2 Å². The Kier molecular flexibility index (Phi) is 4.75. The quantitative estimate of drug-likeness (QED) is 0.843. The zero-order chi connectivity index (χ0) is 15.2. The van der Waals surface area contributed by atoms with Crippen LogP contribution in [0.1, 0.15) is 28.0 Å². The minimum atomic E-state index is -0.272. The largest absolute Gasteiger partial charge is 0.395 e. The molecular weight excluding hydrogens is 266 g/mol. The van der Waals surface area contributed by atoms with Crippen LogP contribution in [0.2, 0.25) is 0 Å². The summed E-state index contributed by atoms with van der Waals surface area (Å²) >= 11 is 0. The second-order valence-electron chi connectivity index (χ2n) is 4.65. The first-order valence-corrected chi connectivity index (χ1v) is 6.61. The van der Waals surface area contributed by atoms with Crippen LogP contribution in [-0.4, -0.2) is 27.4 Å². The molecule has 0 saturated carbocycles. The Morgan fingerprint density at radius 3 is 2.90 bits per heavy atom. The molecule has 2 N–H and O–H groups in total. The Morgan fingerprint density at radius 1 is 1.43 bits per heavy atom. The highest BCUT2D eigenvalue weighted by Crippen LogP contribution is 2.17. The Hall–Kier alpha value is -2.58. The summed E-state index contributed by atoms with van der Waals surface area (Å²) < 4.78 is 1.58. The monoisotopic (exact) mass is 283 g/mol. The van der Waals surface area contributed by atoms with Gasteiger partial charge in [-0.05, 0) is 30.7 Å². The van der Waals surface area contributed by atoms with Crippen molar-refractivity contribution < 1.29 is 9.90 Å². The second-order valence-corrected chi connectivity index (χ2v) is 4.65. The van der Waals surface area contributed by atoms with Gasteiger partial charge in [-0.2, -0.15) is 5.10 Å². The van der Waals surface area contributed by atoms with Crippen LogP contribution in [0.15, 0.2) is 30.5 Å². The number of nitrogens with zero attached hydrogens (tertiary/aromatic N) is 2. The molecule has 0 aliphatic heterocycles. The molecule has 5 heteroatoms. The van der Waals surface area contributed by atoms with Crippen LogP contribution in [0.25, 0.3) is 0 Å². The van der Waals surface area contributed by atoms with E-state index in [9.17, 15) is 4.79 Å². The number of benzene rings is 1. The number of aliphatic hydroxyl groups is 1. The van der Waals surface area contributed by atoms with Gasteiger partial charge in [0.2, 0.25) is 0 Å². The molecule has 1 heterocycles. The second kappa shape index (κ2) is 6.73. The third kappa shape index (κ3) is 3.94. The molecule has 21 heavy (non-hydrogen) atoms. The van der Waals surface area contributed by atoms with Gasteiger partial charge in [-0.1, -0.05) is 17.9 Å². The van der Waals surface area contributed by atoms with Gasteiger partial charge in [-0.3, -0.25) is 9.48 Å². The van der Waals surface area contributed by atoms with Crippen molar-refractivity contribution in [2.75, 3.05) is 11.9 Å². The summed E-state index contributed by atoms with van der Waals surface area (Å²) in [5.74, 6) is 5.54. The predicted molar refractivity (Wildman–Crippen MR) is 80.9 cm³/mol. The summed E-state index contributed by atoms with van der Waals surface area (Å²) in [4.78, 5) is 12.1. The molecule has 2 rings (SSSR count). The highest BCUT2D eigenvalue weighted by molar-refractivity contribution is 6.03. The predicted octanol–water partition coefficient (Wildman–Crippen LogP) is 1.71. The van der Waals surface area contributed by atoms with Gasteiger partial charge in [0.05, 0.1) is 12.3 Å². The first-order valence-electron chi connectivity index (χ1n) is 6.61. The number of carbonyl (C=O) groups excluding carboxylic acids is 1. The third-order valence-electron chi connectivity index (χ3n) is 2.83. The minimum Gasteiger partial charge on any atom is -0.395 e. The summed E-state index contributed by atoms with van der Waals surface area (Å²) in [5.41, 5.74) is 2.75. The van der Waals surface area contributed by atoms with Crippen LogP contribution in [-0.2, 0) is 7.05 Å². The number of anilines is 1. The Labute approximate surface area is 123 Å². The van der Waals surface area contributed by atoms with Gasteiger partial charge >= 0.3 is 0 Å². The van der Waals surface area contributed by atoms with E-state index < -0.39 is 0 Å². The Bertz CT molecular complexity index is 708. The molecule has 0 aliphatic carbocycles. The van der Waals surface area contributed by atoms with E-state index in [1.165, 1.54) is 0 Å². The van der Waals surface area contributed by atoms with E-state index in [-0.39, 0.29) is 12.5 Å². The molecule has 1 amide bonds. The number of rotatable bonds is 3. The van der Waals surface area contributed by atoms with E-state index in [1.54, 1.807) is 24.0 Å². The molecule has 108 valence electrons. The van der Waals surface area contributed by atoms with E-state index in [0.29, 0.717) is 17.8 Å². The number of carbonyl (C=O) groups is 1.